The van der Waals surface area contributed by atoms with Crippen molar-refractivity contribution < 1.29 is 14.7 Å². The molecule has 10 nitrogen and oxygen atoms in total. The molecule has 1 N–H and O–H groups in total. The third kappa shape index (κ3) is 3.75. The SMILES string of the molecule is O=C(O)c1cncc(N2CCCN(C(=O)Cn3nc4ccccc4n3)CC2)n1. The number of aromatic carboxylic acids is 1. The molecule has 3 aromatic rings. The summed E-state index contributed by atoms with van der Waals surface area (Å²) in [5.74, 6) is -0.651. The Kier molecular flexibility index (Phi) is 4.83. The highest BCUT2D eigenvalue weighted by molar-refractivity contribution is 5.85. The molecule has 28 heavy (non-hydrogen) atoms. The zero-order chi connectivity index (χ0) is 19.5. The molecule has 0 unspecified atom stereocenters. The zero-order valence-electron chi connectivity index (χ0n) is 15.1. The number of hydrogen-bond acceptors (Lipinski definition) is 7. The summed E-state index contributed by atoms with van der Waals surface area (Å²) in [5.41, 5.74) is 1.43. The highest BCUT2D eigenvalue weighted by Gasteiger charge is 2.21. The molecule has 0 saturated carbocycles. The molecule has 4 rings (SSSR count). The van der Waals surface area contributed by atoms with Gasteiger partial charge in [-0.2, -0.15) is 15.0 Å². The third-order valence-electron chi connectivity index (χ3n) is 4.62. The van der Waals surface area contributed by atoms with Crippen molar-refractivity contribution in [1.29, 1.82) is 0 Å². The summed E-state index contributed by atoms with van der Waals surface area (Å²) in [5, 5.41) is 17.7. The minimum Gasteiger partial charge on any atom is -0.476 e. The average Bonchev–Trinajstić information content (AvgIpc) is 2.94. The van der Waals surface area contributed by atoms with E-state index in [2.05, 4.69) is 20.2 Å². The molecular weight excluding hydrogens is 362 g/mol. The van der Waals surface area contributed by atoms with Crippen molar-refractivity contribution in [2.45, 2.75) is 13.0 Å². The Bertz CT molecular complexity index is 986. The molecular formula is C18H19N7O3. The van der Waals surface area contributed by atoms with E-state index in [4.69, 9.17) is 5.11 Å². The molecule has 3 heterocycles. The average molecular weight is 381 g/mol. The first-order valence-corrected chi connectivity index (χ1v) is 8.98. The summed E-state index contributed by atoms with van der Waals surface area (Å²) in [6.45, 7) is 2.44. The van der Waals surface area contributed by atoms with Crippen LogP contribution in [0.4, 0.5) is 5.82 Å². The van der Waals surface area contributed by atoms with Crippen molar-refractivity contribution in [3.05, 3.63) is 42.4 Å². The van der Waals surface area contributed by atoms with Crippen LogP contribution >= 0.6 is 0 Å². The van der Waals surface area contributed by atoms with Crippen LogP contribution in [0.25, 0.3) is 11.0 Å². The molecule has 1 aliphatic rings. The van der Waals surface area contributed by atoms with E-state index < -0.39 is 5.97 Å². The smallest absolute Gasteiger partial charge is 0.356 e. The van der Waals surface area contributed by atoms with Gasteiger partial charge in [0.15, 0.2) is 5.69 Å². The standard InChI is InChI=1S/C18H19N7O3/c26-17(12-25-21-13-4-1-2-5-14(13)22-25)24-7-3-6-23(8-9-24)16-11-19-10-15(20-16)18(27)28/h1-2,4-5,10-11H,3,6-9,12H2,(H,27,28). The molecule has 0 aliphatic carbocycles. The number of amides is 1. The number of carboxylic acids is 1. The predicted molar refractivity (Wildman–Crippen MR) is 99.9 cm³/mol. The van der Waals surface area contributed by atoms with Crippen LogP contribution in [-0.2, 0) is 11.3 Å². The Morgan fingerprint density at radius 1 is 1.00 bits per heavy atom. The van der Waals surface area contributed by atoms with Crippen LogP contribution < -0.4 is 4.90 Å². The molecule has 1 fully saturated rings. The maximum Gasteiger partial charge on any atom is 0.356 e. The minimum absolute atomic E-state index is 0.0486. The molecule has 0 atom stereocenters. The Hall–Kier alpha value is -3.56. The monoisotopic (exact) mass is 381 g/mol. The van der Waals surface area contributed by atoms with E-state index in [1.165, 1.54) is 11.0 Å². The second-order valence-electron chi connectivity index (χ2n) is 6.51. The maximum atomic E-state index is 12.7. The van der Waals surface area contributed by atoms with Gasteiger partial charge < -0.3 is 14.9 Å². The lowest BCUT2D eigenvalue weighted by Gasteiger charge is -2.22. The van der Waals surface area contributed by atoms with Crippen LogP contribution in [0, 0.1) is 0 Å². The lowest BCUT2D eigenvalue weighted by Crippen LogP contribution is -2.37. The fourth-order valence-corrected chi connectivity index (χ4v) is 3.20. The largest absolute Gasteiger partial charge is 0.476 e. The molecule has 1 amide bonds. The summed E-state index contributed by atoms with van der Waals surface area (Å²) < 4.78 is 0. The lowest BCUT2D eigenvalue weighted by atomic mass is 10.3. The van der Waals surface area contributed by atoms with Gasteiger partial charge in [0.1, 0.15) is 23.4 Å². The van der Waals surface area contributed by atoms with E-state index >= 15 is 0 Å². The lowest BCUT2D eigenvalue weighted by molar-refractivity contribution is -0.132. The van der Waals surface area contributed by atoms with Gasteiger partial charge in [-0.15, -0.1) is 0 Å². The number of benzene rings is 1. The first-order valence-electron chi connectivity index (χ1n) is 8.98. The van der Waals surface area contributed by atoms with Gasteiger partial charge in [0.05, 0.1) is 12.4 Å². The number of carbonyl (C=O) groups is 2. The third-order valence-corrected chi connectivity index (χ3v) is 4.62. The number of rotatable bonds is 4. The van der Waals surface area contributed by atoms with Crippen LogP contribution in [-0.4, -0.2) is 73.0 Å². The number of aromatic nitrogens is 5. The Balaban J connectivity index is 1.41. The van der Waals surface area contributed by atoms with Gasteiger partial charge in [0.25, 0.3) is 0 Å². The summed E-state index contributed by atoms with van der Waals surface area (Å²) in [7, 11) is 0. The van der Waals surface area contributed by atoms with Crippen LogP contribution in [0.2, 0.25) is 0 Å². The number of fused-ring (bicyclic) bond motifs is 1. The van der Waals surface area contributed by atoms with Crippen molar-refractivity contribution >= 4 is 28.7 Å². The molecule has 1 aromatic carbocycles. The zero-order valence-corrected chi connectivity index (χ0v) is 15.1. The van der Waals surface area contributed by atoms with Crippen molar-refractivity contribution in [2.75, 3.05) is 31.1 Å². The Morgan fingerprint density at radius 2 is 1.75 bits per heavy atom. The molecule has 144 valence electrons. The van der Waals surface area contributed by atoms with E-state index in [1.54, 1.807) is 11.1 Å². The van der Waals surface area contributed by atoms with Crippen molar-refractivity contribution in [3.8, 4) is 0 Å². The van der Waals surface area contributed by atoms with Crippen molar-refractivity contribution in [2.24, 2.45) is 0 Å². The number of anilines is 1. The van der Waals surface area contributed by atoms with Gasteiger partial charge in [0.2, 0.25) is 5.91 Å². The summed E-state index contributed by atoms with van der Waals surface area (Å²) in [6, 6.07) is 7.49. The van der Waals surface area contributed by atoms with E-state index in [1.807, 2.05) is 29.2 Å². The van der Waals surface area contributed by atoms with E-state index in [9.17, 15) is 9.59 Å². The first-order chi connectivity index (χ1) is 13.6. The fraction of sp³-hybridized carbons (Fsp3) is 0.333. The molecule has 1 saturated heterocycles. The maximum absolute atomic E-state index is 12.7. The quantitative estimate of drug-likeness (QED) is 0.700. The minimum atomic E-state index is -1.11. The number of carboxylic acid groups (broad SMARTS) is 1. The highest BCUT2D eigenvalue weighted by Crippen LogP contribution is 2.14. The second kappa shape index (κ2) is 7.59. The highest BCUT2D eigenvalue weighted by atomic mass is 16.4. The van der Waals surface area contributed by atoms with Gasteiger partial charge >= 0.3 is 5.97 Å². The van der Waals surface area contributed by atoms with Gasteiger partial charge in [-0.05, 0) is 18.6 Å². The summed E-state index contributed by atoms with van der Waals surface area (Å²) >= 11 is 0. The first kappa shape index (κ1) is 17.8. The molecule has 1 aliphatic heterocycles. The van der Waals surface area contributed by atoms with Gasteiger partial charge in [-0.25, -0.2) is 9.78 Å². The normalized spacial score (nSPS) is 14.9. The fourth-order valence-electron chi connectivity index (χ4n) is 3.20. The van der Waals surface area contributed by atoms with Gasteiger partial charge in [-0.1, -0.05) is 12.1 Å². The van der Waals surface area contributed by atoms with Crippen LogP contribution in [0.5, 0.6) is 0 Å². The Morgan fingerprint density at radius 3 is 2.46 bits per heavy atom. The molecule has 0 radical (unpaired) electrons. The van der Waals surface area contributed by atoms with Crippen LogP contribution in [0.3, 0.4) is 0 Å². The number of carbonyl (C=O) groups excluding carboxylic acids is 1. The second-order valence-corrected chi connectivity index (χ2v) is 6.51. The van der Waals surface area contributed by atoms with Crippen molar-refractivity contribution in [3.63, 3.8) is 0 Å². The predicted octanol–water partition coefficient (Wildman–Crippen LogP) is 0.658. The van der Waals surface area contributed by atoms with E-state index in [-0.39, 0.29) is 18.1 Å². The molecule has 2 aromatic heterocycles. The van der Waals surface area contributed by atoms with Gasteiger partial charge in [-0.3, -0.25) is 9.78 Å². The van der Waals surface area contributed by atoms with Crippen LogP contribution in [0.1, 0.15) is 16.9 Å². The molecule has 0 bridgehead atoms. The summed E-state index contributed by atoms with van der Waals surface area (Å²) in [4.78, 5) is 37.0. The summed E-state index contributed by atoms with van der Waals surface area (Å²) in [6.07, 6.45) is 3.52. The van der Waals surface area contributed by atoms with E-state index in [0.29, 0.717) is 32.0 Å². The molecule has 0 spiro atoms. The van der Waals surface area contributed by atoms with Crippen LogP contribution in [0.15, 0.2) is 36.7 Å². The van der Waals surface area contributed by atoms with Gasteiger partial charge in [0, 0.05) is 26.2 Å². The molecule has 10 heteroatoms. The van der Waals surface area contributed by atoms with Crippen molar-refractivity contribution in [1.82, 2.24) is 29.9 Å². The topological polar surface area (TPSA) is 117 Å². The number of hydrogen-bond donors (Lipinski definition) is 1. The van der Waals surface area contributed by atoms with E-state index in [0.717, 1.165) is 17.5 Å². The number of nitrogens with zero attached hydrogens (tertiary/aromatic N) is 7. The Labute approximate surface area is 160 Å².